The van der Waals surface area contributed by atoms with Gasteiger partial charge in [0.2, 0.25) is 1.43 Å². The second kappa shape index (κ2) is 3.69. The number of quaternary nitrogens is 1. The Morgan fingerprint density at radius 2 is 2.27 bits per heavy atom. The van der Waals surface area contributed by atoms with E-state index in [1.807, 2.05) is 21.1 Å². The van der Waals surface area contributed by atoms with Crippen LogP contribution in [-0.2, 0) is 4.79 Å². The van der Waals surface area contributed by atoms with Crippen molar-refractivity contribution in [2.24, 2.45) is 0 Å². The molecule has 0 heterocycles. The maximum atomic E-state index is 10.2. The molecule has 0 aromatic rings. The summed E-state index contributed by atoms with van der Waals surface area (Å²) in [4.78, 5) is 10.2. The van der Waals surface area contributed by atoms with E-state index < -0.39 is 12.1 Å². The number of carboxylic acids is 1. The van der Waals surface area contributed by atoms with Gasteiger partial charge < -0.3 is 19.5 Å². The van der Waals surface area contributed by atoms with Crippen molar-refractivity contribution in [3.63, 3.8) is 0 Å². The molecule has 0 bridgehead atoms. The fourth-order valence-electron chi connectivity index (χ4n) is 0.861. The van der Waals surface area contributed by atoms with Gasteiger partial charge in [0.25, 0.3) is 0 Å². The fraction of sp³-hybridized carbons (Fsp3) is 0.857. The molecule has 0 saturated carbocycles. The molecule has 0 aliphatic heterocycles. The van der Waals surface area contributed by atoms with Gasteiger partial charge in [-0.1, -0.05) is 0 Å². The number of likely N-dealkylation sites (N-methyl/N-ethyl adjacent to an activating group) is 1. The second-order valence-electron chi connectivity index (χ2n) is 3.67. The summed E-state index contributed by atoms with van der Waals surface area (Å²) in [5, 5.41) is 14.4. The van der Waals surface area contributed by atoms with Crippen molar-refractivity contribution < 1.29 is 19.5 Å². The lowest BCUT2D eigenvalue weighted by Crippen LogP contribution is -2.43. The third-order valence-corrected chi connectivity index (χ3v) is 1.15. The molecule has 0 spiro atoms. The summed E-state index contributed by atoms with van der Waals surface area (Å²) in [6.45, 7) is 0.484. The van der Waals surface area contributed by atoms with Gasteiger partial charge in [-0.25, -0.2) is 0 Å². The Labute approximate surface area is 68.1 Å². The van der Waals surface area contributed by atoms with Crippen molar-refractivity contribution in [3.05, 3.63) is 0 Å². The van der Waals surface area contributed by atoms with E-state index >= 15 is 0 Å². The largest absolute Gasteiger partial charge is 0.550 e. The van der Waals surface area contributed by atoms with E-state index in [0.717, 1.165) is 0 Å². The maximum Gasteiger partial charge on any atom is 0.211 e. The minimum Gasteiger partial charge on any atom is -0.550 e. The highest BCUT2D eigenvalue weighted by molar-refractivity contribution is 5.64. The van der Waals surface area contributed by atoms with Crippen LogP contribution >= 0.6 is 0 Å². The summed E-state index contributed by atoms with van der Waals surface area (Å²) < 4.78 is 7.20. The van der Waals surface area contributed by atoms with Gasteiger partial charge in [-0.05, 0) is 0 Å². The zero-order valence-corrected chi connectivity index (χ0v) is 7.16. The number of hydrogen-bond acceptors (Lipinski definition) is 3. The van der Waals surface area contributed by atoms with Gasteiger partial charge in [0, 0.05) is 12.4 Å². The highest BCUT2D eigenvalue weighted by Crippen LogP contribution is 1.97. The molecule has 0 unspecified atom stereocenters. The Kier molecular flexibility index (Phi) is 2.84. The van der Waals surface area contributed by atoms with Crippen molar-refractivity contribution in [1.82, 2.24) is 0 Å². The SMILES string of the molecule is [2H]O[C@H](CC(=O)[O-])C[N+](C)(C)C. The minimum absolute atomic E-state index is 0.223. The number of aliphatic hydroxyl groups excluding tert-OH is 1. The van der Waals surface area contributed by atoms with E-state index in [1.165, 1.54) is 0 Å². The highest BCUT2D eigenvalue weighted by Gasteiger charge is 2.14. The Hall–Kier alpha value is -0.610. The summed E-state index contributed by atoms with van der Waals surface area (Å²) >= 11 is 0. The van der Waals surface area contributed by atoms with E-state index in [-0.39, 0.29) is 6.42 Å². The predicted octanol–water partition coefficient (Wildman–Crippen LogP) is -1.81. The average Bonchev–Trinajstić information content (AvgIpc) is 1.82. The number of carbonyl (C=O) groups is 1. The molecule has 11 heavy (non-hydrogen) atoms. The summed E-state index contributed by atoms with van der Waals surface area (Å²) in [6, 6.07) is 0. The van der Waals surface area contributed by atoms with Crippen molar-refractivity contribution in [3.8, 4) is 0 Å². The second-order valence-corrected chi connectivity index (χ2v) is 3.67. The van der Waals surface area contributed by atoms with Crippen LogP contribution in [0.2, 0.25) is 0 Å². The zero-order chi connectivity index (χ0) is 9.78. The molecule has 0 rings (SSSR count). The van der Waals surface area contributed by atoms with Crippen LogP contribution < -0.4 is 5.11 Å². The normalized spacial score (nSPS) is 15.7. The fourth-order valence-corrected chi connectivity index (χ4v) is 0.861. The summed E-state index contributed by atoms with van der Waals surface area (Å²) in [5.74, 6) is -1.18. The molecule has 66 valence electrons. The lowest BCUT2D eigenvalue weighted by molar-refractivity contribution is -0.873. The third kappa shape index (κ3) is 7.29. The minimum atomic E-state index is -1.18. The van der Waals surface area contributed by atoms with Gasteiger partial charge in [-0.2, -0.15) is 0 Å². The third-order valence-electron chi connectivity index (χ3n) is 1.15. The van der Waals surface area contributed by atoms with Crippen LogP contribution in [0, 0.1) is 0 Å². The van der Waals surface area contributed by atoms with Crippen LogP contribution in [0.5, 0.6) is 0 Å². The topological polar surface area (TPSA) is 60.4 Å². The molecule has 4 heteroatoms. The van der Waals surface area contributed by atoms with Crippen LogP contribution in [0.3, 0.4) is 0 Å². The number of carboxylic acid groups (broad SMARTS) is 1. The first-order chi connectivity index (χ1) is 5.35. The summed E-state index contributed by atoms with van der Waals surface area (Å²) in [5.41, 5.74) is 0. The Morgan fingerprint density at radius 1 is 1.73 bits per heavy atom. The number of carbonyl (C=O) groups excluding carboxylic acids is 1. The molecule has 4 nitrogen and oxygen atoms in total. The van der Waals surface area contributed by atoms with E-state index in [1.54, 1.807) is 0 Å². The highest BCUT2D eigenvalue weighted by atomic mass is 16.4. The zero-order valence-electron chi connectivity index (χ0n) is 8.16. The quantitative estimate of drug-likeness (QED) is 0.485. The number of aliphatic carboxylic acids is 1. The van der Waals surface area contributed by atoms with Crippen molar-refractivity contribution >= 4 is 5.97 Å². The van der Waals surface area contributed by atoms with Gasteiger partial charge in [0.15, 0.2) is 0 Å². The predicted molar refractivity (Wildman–Crippen MR) is 38.5 cm³/mol. The summed E-state index contributed by atoms with van der Waals surface area (Å²) in [6.07, 6.45) is -0.811. The molecule has 0 aliphatic rings. The molecule has 0 aromatic carbocycles. The van der Waals surface area contributed by atoms with Crippen molar-refractivity contribution in [1.29, 1.82) is 1.43 Å². The van der Waals surface area contributed by atoms with Crippen LogP contribution in [0.15, 0.2) is 0 Å². The first-order valence-corrected chi connectivity index (χ1v) is 3.47. The number of rotatable bonds is 5. The maximum absolute atomic E-state index is 10.2. The molecule has 1 atom stereocenters. The summed E-state index contributed by atoms with van der Waals surface area (Å²) in [7, 11) is 5.71. The average molecular weight is 162 g/mol. The number of nitrogens with zero attached hydrogens (tertiary/aromatic N) is 1. The molecule has 0 radical (unpaired) electrons. The van der Waals surface area contributed by atoms with Crippen molar-refractivity contribution in [2.75, 3.05) is 27.7 Å². The lowest BCUT2D eigenvalue weighted by Gasteiger charge is -2.26. The number of hydrogen-bond donors (Lipinski definition) is 1. The van der Waals surface area contributed by atoms with E-state index in [0.29, 0.717) is 11.0 Å². The van der Waals surface area contributed by atoms with E-state index in [4.69, 9.17) is 1.43 Å². The van der Waals surface area contributed by atoms with Gasteiger partial charge in [-0.15, -0.1) is 0 Å². The molecule has 1 N–H and O–H groups in total. The lowest BCUT2D eigenvalue weighted by atomic mass is 10.2. The van der Waals surface area contributed by atoms with Crippen LogP contribution in [0.1, 0.15) is 6.42 Å². The molecule has 0 aliphatic carbocycles. The van der Waals surface area contributed by atoms with Crippen LogP contribution in [0.25, 0.3) is 0 Å². The van der Waals surface area contributed by atoms with Gasteiger partial charge in [0.05, 0.1) is 21.1 Å². The standard InChI is InChI=1S/C7H15NO3/c1-8(2,3)5-6(9)4-7(10)11/h6,9H,4-5H2,1-3H3/t6-/m1/s1/i9D. The van der Waals surface area contributed by atoms with E-state index in [2.05, 4.69) is 5.11 Å². The smallest absolute Gasteiger partial charge is 0.211 e. The number of aliphatic hydroxyl groups is 1. The van der Waals surface area contributed by atoms with Gasteiger partial charge in [0.1, 0.15) is 12.6 Å². The molecule has 0 amide bonds. The Morgan fingerprint density at radius 3 is 2.55 bits per heavy atom. The van der Waals surface area contributed by atoms with Gasteiger partial charge >= 0.3 is 0 Å². The van der Waals surface area contributed by atoms with Crippen molar-refractivity contribution in [2.45, 2.75) is 12.5 Å². The molecule has 0 saturated heterocycles. The first-order valence-electron chi connectivity index (χ1n) is 3.88. The molecular weight excluding hydrogens is 146 g/mol. The first kappa shape index (κ1) is 8.49. The molecular formula is C7H15NO3. The van der Waals surface area contributed by atoms with Gasteiger partial charge in [-0.3, -0.25) is 0 Å². The van der Waals surface area contributed by atoms with Crippen LogP contribution in [-0.4, -0.2) is 50.8 Å². The van der Waals surface area contributed by atoms with Crippen LogP contribution in [0.4, 0.5) is 0 Å². The molecule has 0 aromatic heterocycles. The Bertz CT molecular complexity index is 155. The Balaban J connectivity index is 3.92. The molecule has 0 fully saturated rings. The van der Waals surface area contributed by atoms with E-state index in [9.17, 15) is 9.90 Å². The monoisotopic (exact) mass is 162 g/mol.